The number of para-hydroxylation sites is 1. The first kappa shape index (κ1) is 22.0. The Morgan fingerprint density at radius 3 is 2.52 bits per heavy atom. The van der Waals surface area contributed by atoms with E-state index in [1.165, 1.54) is 6.21 Å². The Balaban J connectivity index is 1.34. The van der Waals surface area contributed by atoms with Crippen LogP contribution in [0, 0.1) is 0 Å². The van der Waals surface area contributed by atoms with Gasteiger partial charge in [-0.15, -0.1) is 0 Å². The first-order chi connectivity index (χ1) is 16.1. The third-order valence-corrected chi connectivity index (χ3v) is 5.17. The number of halogens is 1. The number of ether oxygens (including phenoxy) is 1. The van der Waals surface area contributed by atoms with Crippen molar-refractivity contribution in [2.45, 2.75) is 6.61 Å². The van der Waals surface area contributed by atoms with Crippen LogP contribution in [0.25, 0.3) is 10.8 Å². The lowest BCUT2D eigenvalue weighted by Gasteiger charge is -2.09. The van der Waals surface area contributed by atoms with Crippen LogP contribution < -0.4 is 15.5 Å². The fourth-order valence-corrected chi connectivity index (χ4v) is 3.40. The minimum atomic E-state index is -0.908. The molecule has 33 heavy (non-hydrogen) atoms. The Morgan fingerprint density at radius 2 is 1.64 bits per heavy atom. The van der Waals surface area contributed by atoms with Crippen LogP contribution in [0.2, 0.25) is 5.02 Å². The molecule has 0 unspecified atom stereocenters. The van der Waals surface area contributed by atoms with Gasteiger partial charge in [0.25, 0.3) is 0 Å². The van der Waals surface area contributed by atoms with Gasteiger partial charge < -0.3 is 10.1 Å². The highest BCUT2D eigenvalue weighted by atomic mass is 35.5. The van der Waals surface area contributed by atoms with Crippen LogP contribution in [0.1, 0.15) is 11.1 Å². The predicted octanol–water partition coefficient (Wildman–Crippen LogP) is 5.16. The summed E-state index contributed by atoms with van der Waals surface area (Å²) in [5.74, 6) is -1.11. The van der Waals surface area contributed by atoms with Crippen molar-refractivity contribution in [3.63, 3.8) is 0 Å². The van der Waals surface area contributed by atoms with Crippen LogP contribution in [0.15, 0.2) is 96.1 Å². The quantitative estimate of drug-likeness (QED) is 0.238. The minimum absolute atomic E-state index is 0.336. The van der Waals surface area contributed by atoms with Gasteiger partial charge in [-0.05, 0) is 46.2 Å². The highest BCUT2D eigenvalue weighted by Crippen LogP contribution is 2.21. The normalized spacial score (nSPS) is 10.8. The Bertz CT molecular complexity index is 1330. The summed E-state index contributed by atoms with van der Waals surface area (Å²) in [4.78, 5) is 24.0. The molecule has 164 valence electrons. The van der Waals surface area contributed by atoms with Crippen molar-refractivity contribution in [3.8, 4) is 5.75 Å². The molecule has 4 rings (SSSR count). The second-order valence-corrected chi connectivity index (χ2v) is 7.54. The van der Waals surface area contributed by atoms with Gasteiger partial charge in [0.05, 0.1) is 16.9 Å². The predicted molar refractivity (Wildman–Crippen MR) is 131 cm³/mol. The molecule has 0 spiro atoms. The SMILES string of the molecule is O=C(N/N=C/c1cccc(OCc2cccc3ccccc23)c1)C(=O)Nc1ccccc1Cl. The molecule has 4 aromatic carbocycles. The first-order valence-electron chi connectivity index (χ1n) is 10.2. The molecule has 7 heteroatoms. The van der Waals surface area contributed by atoms with Crippen molar-refractivity contribution >= 4 is 46.1 Å². The average Bonchev–Trinajstić information content (AvgIpc) is 2.84. The van der Waals surface area contributed by atoms with Crippen molar-refractivity contribution in [3.05, 3.63) is 107 Å². The number of fused-ring (bicyclic) bond motifs is 1. The number of nitrogens with one attached hydrogen (secondary N) is 2. The molecule has 2 amide bonds. The Kier molecular flexibility index (Phi) is 6.97. The number of carbonyl (C=O) groups excluding carboxylic acids is 2. The average molecular weight is 458 g/mol. The third kappa shape index (κ3) is 5.75. The van der Waals surface area contributed by atoms with Gasteiger partial charge in [0.1, 0.15) is 12.4 Å². The van der Waals surface area contributed by atoms with E-state index >= 15 is 0 Å². The molecule has 0 radical (unpaired) electrons. The Labute approximate surface area is 195 Å². The Hall–Kier alpha value is -4.16. The van der Waals surface area contributed by atoms with Crippen LogP contribution in [-0.4, -0.2) is 18.0 Å². The van der Waals surface area contributed by atoms with E-state index in [0.717, 1.165) is 16.3 Å². The monoisotopic (exact) mass is 457 g/mol. The van der Waals surface area contributed by atoms with Gasteiger partial charge in [-0.1, -0.05) is 78.3 Å². The minimum Gasteiger partial charge on any atom is -0.489 e. The van der Waals surface area contributed by atoms with Gasteiger partial charge in [-0.2, -0.15) is 5.10 Å². The van der Waals surface area contributed by atoms with Gasteiger partial charge in [-0.3, -0.25) is 9.59 Å². The molecule has 2 N–H and O–H groups in total. The van der Waals surface area contributed by atoms with Gasteiger partial charge in [-0.25, -0.2) is 5.43 Å². The fourth-order valence-electron chi connectivity index (χ4n) is 3.22. The van der Waals surface area contributed by atoms with E-state index < -0.39 is 11.8 Å². The van der Waals surface area contributed by atoms with Crippen molar-refractivity contribution in [1.82, 2.24) is 5.43 Å². The molecule has 0 saturated carbocycles. The second-order valence-electron chi connectivity index (χ2n) is 7.13. The topological polar surface area (TPSA) is 79.8 Å². The summed E-state index contributed by atoms with van der Waals surface area (Å²) in [5.41, 5.74) is 4.34. The summed E-state index contributed by atoms with van der Waals surface area (Å²) in [6.45, 7) is 0.418. The molecule has 0 saturated heterocycles. The summed E-state index contributed by atoms with van der Waals surface area (Å²) in [5, 5.41) is 8.93. The summed E-state index contributed by atoms with van der Waals surface area (Å²) >= 11 is 5.98. The maximum absolute atomic E-state index is 12.0. The highest BCUT2D eigenvalue weighted by molar-refractivity contribution is 6.41. The van der Waals surface area contributed by atoms with Gasteiger partial charge in [0, 0.05) is 0 Å². The van der Waals surface area contributed by atoms with Gasteiger partial charge in [0.15, 0.2) is 0 Å². The largest absolute Gasteiger partial charge is 0.489 e. The molecular weight excluding hydrogens is 438 g/mol. The molecule has 0 heterocycles. The zero-order chi connectivity index (χ0) is 23.0. The third-order valence-electron chi connectivity index (χ3n) is 4.84. The number of nitrogens with zero attached hydrogens (tertiary/aromatic N) is 1. The van der Waals surface area contributed by atoms with Crippen LogP contribution in [-0.2, 0) is 16.2 Å². The number of anilines is 1. The molecule has 0 bridgehead atoms. The number of hydrogen-bond acceptors (Lipinski definition) is 4. The number of carbonyl (C=O) groups is 2. The first-order valence-corrected chi connectivity index (χ1v) is 10.6. The van der Waals surface area contributed by atoms with Crippen molar-refractivity contribution in [1.29, 1.82) is 0 Å². The number of amides is 2. The molecular formula is C26H20ClN3O3. The van der Waals surface area contributed by atoms with E-state index in [9.17, 15) is 9.59 Å². The van der Waals surface area contributed by atoms with Crippen LogP contribution in [0.3, 0.4) is 0 Å². The molecule has 0 atom stereocenters. The second kappa shape index (κ2) is 10.4. The number of benzene rings is 4. The van der Waals surface area contributed by atoms with E-state index in [1.807, 2.05) is 42.5 Å². The van der Waals surface area contributed by atoms with E-state index in [0.29, 0.717) is 28.6 Å². The smallest absolute Gasteiger partial charge is 0.329 e. The van der Waals surface area contributed by atoms with E-state index in [1.54, 1.807) is 30.3 Å². The summed E-state index contributed by atoms with van der Waals surface area (Å²) in [6, 6.07) is 28.2. The van der Waals surface area contributed by atoms with Crippen molar-refractivity contribution in [2.75, 3.05) is 5.32 Å². The number of hydrazone groups is 1. The van der Waals surface area contributed by atoms with E-state index in [4.69, 9.17) is 16.3 Å². The highest BCUT2D eigenvalue weighted by Gasteiger charge is 2.14. The van der Waals surface area contributed by atoms with Gasteiger partial charge >= 0.3 is 11.8 Å². The standard InChI is InChI=1S/C26H20ClN3O3/c27-23-13-3-4-14-24(23)29-25(31)26(32)30-28-16-18-7-5-11-21(15-18)33-17-20-10-6-9-19-8-1-2-12-22(19)20/h1-16H,17H2,(H,29,31)(H,30,32)/b28-16+. The molecule has 0 fully saturated rings. The molecule has 0 aliphatic rings. The van der Waals surface area contributed by atoms with E-state index in [2.05, 4.69) is 34.0 Å². The molecule has 6 nitrogen and oxygen atoms in total. The maximum atomic E-state index is 12.0. The lowest BCUT2D eigenvalue weighted by atomic mass is 10.1. The lowest BCUT2D eigenvalue weighted by molar-refractivity contribution is -0.136. The molecule has 0 aromatic heterocycles. The summed E-state index contributed by atoms with van der Waals surface area (Å²) in [7, 11) is 0. The van der Waals surface area contributed by atoms with Gasteiger partial charge in [0.2, 0.25) is 0 Å². The van der Waals surface area contributed by atoms with Crippen LogP contribution in [0.5, 0.6) is 5.75 Å². The van der Waals surface area contributed by atoms with Crippen LogP contribution >= 0.6 is 11.6 Å². The summed E-state index contributed by atoms with van der Waals surface area (Å²) in [6.07, 6.45) is 1.44. The number of hydrogen-bond donors (Lipinski definition) is 2. The molecule has 0 aliphatic heterocycles. The zero-order valence-corrected chi connectivity index (χ0v) is 18.3. The van der Waals surface area contributed by atoms with Crippen molar-refractivity contribution < 1.29 is 14.3 Å². The van der Waals surface area contributed by atoms with E-state index in [-0.39, 0.29) is 0 Å². The fraction of sp³-hybridized carbons (Fsp3) is 0.0385. The van der Waals surface area contributed by atoms with Crippen molar-refractivity contribution in [2.24, 2.45) is 5.10 Å². The lowest BCUT2D eigenvalue weighted by Crippen LogP contribution is -2.32. The number of rotatable bonds is 6. The van der Waals surface area contributed by atoms with Crippen LogP contribution in [0.4, 0.5) is 5.69 Å². The Morgan fingerprint density at radius 1 is 0.879 bits per heavy atom. The zero-order valence-electron chi connectivity index (χ0n) is 17.5. The maximum Gasteiger partial charge on any atom is 0.329 e. The molecule has 0 aliphatic carbocycles. The molecule has 4 aromatic rings. The summed E-state index contributed by atoms with van der Waals surface area (Å²) < 4.78 is 5.96.